The van der Waals surface area contributed by atoms with E-state index in [1.807, 2.05) is 18.2 Å². The number of hydrogen-bond donors (Lipinski definition) is 2. The molecule has 5 rings (SSSR count). The molecule has 0 spiro atoms. The van der Waals surface area contributed by atoms with Crippen LogP contribution in [0.5, 0.6) is 0 Å². The van der Waals surface area contributed by atoms with Crippen LogP contribution < -0.4 is 5.32 Å². The summed E-state index contributed by atoms with van der Waals surface area (Å²) < 4.78 is 0. The van der Waals surface area contributed by atoms with Gasteiger partial charge in [-0.1, -0.05) is 36.7 Å². The molecule has 3 aromatic rings. The lowest BCUT2D eigenvalue weighted by molar-refractivity contribution is -0.0628. The number of halogens is 1. The number of fused-ring (bicyclic) bond motifs is 4. The monoisotopic (exact) mass is 393 g/mol. The molecular weight excluding hydrogens is 370 g/mol. The molecule has 2 atom stereocenters. The summed E-state index contributed by atoms with van der Waals surface area (Å²) in [5, 5.41) is 26.1. The Morgan fingerprint density at radius 1 is 1.07 bits per heavy atom. The highest BCUT2D eigenvalue weighted by Crippen LogP contribution is 2.60. The molecule has 2 aromatic carbocycles. The first-order valence-corrected chi connectivity index (χ1v) is 10.2. The van der Waals surface area contributed by atoms with E-state index in [4.69, 9.17) is 11.6 Å². The second kappa shape index (κ2) is 5.68. The first-order chi connectivity index (χ1) is 13.3. The lowest BCUT2D eigenvalue weighted by Crippen LogP contribution is -2.65. The third kappa shape index (κ3) is 2.16. The van der Waals surface area contributed by atoms with Gasteiger partial charge in [-0.3, -0.25) is 0 Å². The van der Waals surface area contributed by atoms with Gasteiger partial charge in [0, 0.05) is 16.2 Å². The lowest BCUT2D eigenvalue weighted by Gasteiger charge is -2.55. The molecule has 4 nitrogen and oxygen atoms in total. The topological polar surface area (TPSA) is 58.0 Å². The molecular formula is C23H24ClN3O. The molecule has 2 heterocycles. The number of nitrogens with one attached hydrogen (secondary N) is 1. The minimum Gasteiger partial charge on any atom is -0.387 e. The molecule has 1 aliphatic heterocycles. The highest BCUT2D eigenvalue weighted by molar-refractivity contribution is 6.34. The number of aromatic nitrogens is 2. The van der Waals surface area contributed by atoms with Crippen LogP contribution in [-0.4, -0.2) is 26.4 Å². The van der Waals surface area contributed by atoms with Crippen molar-refractivity contribution in [2.45, 2.75) is 56.6 Å². The average molecular weight is 394 g/mol. The Bertz CT molecular complexity index is 1110. The van der Waals surface area contributed by atoms with Crippen molar-refractivity contribution in [3.8, 4) is 11.1 Å². The number of benzene rings is 2. The molecule has 1 saturated carbocycles. The van der Waals surface area contributed by atoms with Gasteiger partial charge < -0.3 is 10.4 Å². The van der Waals surface area contributed by atoms with E-state index in [2.05, 4.69) is 48.4 Å². The summed E-state index contributed by atoms with van der Waals surface area (Å²) in [5.41, 5.74) is 2.55. The van der Waals surface area contributed by atoms with E-state index in [1.54, 1.807) is 12.4 Å². The van der Waals surface area contributed by atoms with Gasteiger partial charge in [-0.05, 0) is 61.9 Å². The Balaban J connectivity index is 1.78. The molecule has 2 unspecified atom stereocenters. The van der Waals surface area contributed by atoms with Crippen molar-refractivity contribution >= 4 is 28.1 Å². The van der Waals surface area contributed by atoms with Gasteiger partial charge in [-0.15, -0.1) is 0 Å². The van der Waals surface area contributed by atoms with Gasteiger partial charge >= 0.3 is 0 Å². The molecule has 1 aliphatic carbocycles. The lowest BCUT2D eigenvalue weighted by atomic mass is 9.60. The van der Waals surface area contributed by atoms with Crippen LogP contribution in [0.25, 0.3) is 21.9 Å². The van der Waals surface area contributed by atoms with Gasteiger partial charge in [0.1, 0.15) is 0 Å². The molecule has 0 amide bonds. The number of hydrogen-bond acceptors (Lipinski definition) is 4. The van der Waals surface area contributed by atoms with Crippen LogP contribution in [0.15, 0.2) is 42.7 Å². The van der Waals surface area contributed by atoms with Crippen LogP contribution in [0.4, 0.5) is 5.69 Å². The zero-order valence-corrected chi connectivity index (χ0v) is 17.1. The SMILES string of the molecule is CC1(C)Nc2c(Cl)cc(-c3cccc4cnncc34)cc2C2(C)CCCC12O. The molecule has 1 fully saturated rings. The molecule has 2 aliphatic rings. The number of anilines is 1. The minimum atomic E-state index is -0.820. The molecule has 0 radical (unpaired) electrons. The predicted octanol–water partition coefficient (Wildman–Crippen LogP) is 5.33. The third-order valence-corrected chi connectivity index (χ3v) is 7.48. The van der Waals surface area contributed by atoms with Crippen LogP contribution in [0, 0.1) is 0 Å². The van der Waals surface area contributed by atoms with Gasteiger partial charge in [-0.2, -0.15) is 10.2 Å². The normalized spacial score (nSPS) is 27.9. The van der Waals surface area contributed by atoms with Gasteiger partial charge in [0.25, 0.3) is 0 Å². The standard InChI is InChI=1S/C23H24ClN3O/c1-21(2)23(28)9-5-8-22(23,3)18-10-15(11-19(24)20(18)27-21)16-7-4-6-14-12-25-26-13-17(14)16/h4,6-7,10-13,27-28H,5,8-9H2,1-3H3. The number of nitrogens with zero attached hydrogens (tertiary/aromatic N) is 2. The van der Waals surface area contributed by atoms with Crippen LogP contribution in [0.1, 0.15) is 45.6 Å². The maximum Gasteiger partial charge on any atom is 0.0964 e. The average Bonchev–Trinajstić information content (AvgIpc) is 3.00. The van der Waals surface area contributed by atoms with Crippen LogP contribution in [-0.2, 0) is 5.41 Å². The molecule has 28 heavy (non-hydrogen) atoms. The van der Waals surface area contributed by atoms with Crippen LogP contribution in [0.3, 0.4) is 0 Å². The van der Waals surface area contributed by atoms with E-state index in [-0.39, 0.29) is 5.41 Å². The fraction of sp³-hybridized carbons (Fsp3) is 0.391. The van der Waals surface area contributed by atoms with E-state index in [0.717, 1.165) is 52.4 Å². The summed E-state index contributed by atoms with van der Waals surface area (Å²) in [6.45, 7) is 6.34. The van der Waals surface area contributed by atoms with Crippen molar-refractivity contribution in [3.05, 3.63) is 53.3 Å². The Hall–Kier alpha value is -2.17. The van der Waals surface area contributed by atoms with Gasteiger partial charge in [-0.25, -0.2) is 0 Å². The molecule has 144 valence electrons. The molecule has 5 heteroatoms. The Labute approximate surface area is 169 Å². The zero-order valence-electron chi connectivity index (χ0n) is 16.4. The van der Waals surface area contributed by atoms with Crippen molar-refractivity contribution in [2.24, 2.45) is 0 Å². The Kier molecular flexibility index (Phi) is 3.63. The highest BCUT2D eigenvalue weighted by atomic mass is 35.5. The predicted molar refractivity (Wildman–Crippen MR) is 114 cm³/mol. The summed E-state index contributed by atoms with van der Waals surface area (Å²) in [6, 6.07) is 10.4. The van der Waals surface area contributed by atoms with Crippen molar-refractivity contribution in [1.82, 2.24) is 10.2 Å². The molecule has 2 N–H and O–H groups in total. The van der Waals surface area contributed by atoms with Crippen molar-refractivity contribution in [2.75, 3.05) is 5.32 Å². The second-order valence-corrected chi connectivity index (χ2v) is 9.38. The number of aliphatic hydroxyl groups is 1. The molecule has 0 bridgehead atoms. The molecule has 0 saturated heterocycles. The Morgan fingerprint density at radius 2 is 1.86 bits per heavy atom. The van der Waals surface area contributed by atoms with Gasteiger partial charge in [0.2, 0.25) is 0 Å². The van der Waals surface area contributed by atoms with E-state index in [0.29, 0.717) is 5.02 Å². The zero-order chi connectivity index (χ0) is 19.7. The Morgan fingerprint density at radius 3 is 2.68 bits per heavy atom. The fourth-order valence-corrected chi connectivity index (χ4v) is 5.83. The van der Waals surface area contributed by atoms with E-state index in [9.17, 15) is 5.11 Å². The van der Waals surface area contributed by atoms with Gasteiger partial charge in [0.05, 0.1) is 34.2 Å². The first kappa shape index (κ1) is 17.9. The van der Waals surface area contributed by atoms with E-state index >= 15 is 0 Å². The van der Waals surface area contributed by atoms with Crippen molar-refractivity contribution in [3.63, 3.8) is 0 Å². The van der Waals surface area contributed by atoms with Crippen molar-refractivity contribution in [1.29, 1.82) is 0 Å². The maximum atomic E-state index is 11.7. The summed E-state index contributed by atoms with van der Waals surface area (Å²) in [5.74, 6) is 0. The summed E-state index contributed by atoms with van der Waals surface area (Å²) in [4.78, 5) is 0. The van der Waals surface area contributed by atoms with E-state index in [1.165, 1.54) is 0 Å². The van der Waals surface area contributed by atoms with Crippen molar-refractivity contribution < 1.29 is 5.11 Å². The second-order valence-electron chi connectivity index (χ2n) is 8.97. The largest absolute Gasteiger partial charge is 0.387 e. The first-order valence-electron chi connectivity index (χ1n) is 9.81. The minimum absolute atomic E-state index is 0.346. The summed E-state index contributed by atoms with van der Waals surface area (Å²) in [7, 11) is 0. The van der Waals surface area contributed by atoms with Gasteiger partial charge in [0.15, 0.2) is 0 Å². The summed E-state index contributed by atoms with van der Waals surface area (Å²) >= 11 is 6.80. The fourth-order valence-electron chi connectivity index (χ4n) is 5.56. The van der Waals surface area contributed by atoms with Crippen LogP contribution in [0.2, 0.25) is 5.02 Å². The number of rotatable bonds is 1. The maximum absolute atomic E-state index is 11.7. The van der Waals surface area contributed by atoms with Crippen LogP contribution >= 0.6 is 11.6 Å². The van der Waals surface area contributed by atoms with E-state index < -0.39 is 11.1 Å². The summed E-state index contributed by atoms with van der Waals surface area (Å²) in [6.07, 6.45) is 6.31. The smallest absolute Gasteiger partial charge is 0.0964 e. The molecule has 1 aromatic heterocycles. The quantitative estimate of drug-likeness (QED) is 0.586. The highest BCUT2D eigenvalue weighted by Gasteiger charge is 2.63. The third-order valence-electron chi connectivity index (χ3n) is 7.19.